The minimum atomic E-state index is -0.841. The van der Waals surface area contributed by atoms with E-state index in [9.17, 15) is 19.2 Å². The molecule has 1 aliphatic heterocycles. The number of piperazine rings is 1. The molecular weight excluding hydrogens is 699 g/mol. The monoisotopic (exact) mass is 749 g/mol. The third-order valence-electron chi connectivity index (χ3n) is 10.2. The molecule has 0 bridgehead atoms. The van der Waals surface area contributed by atoms with Gasteiger partial charge in [0.1, 0.15) is 11.6 Å². The van der Waals surface area contributed by atoms with Crippen LogP contribution in [0, 0.1) is 11.8 Å². The summed E-state index contributed by atoms with van der Waals surface area (Å²) in [7, 11) is 2.06. The molecule has 6 rings (SSSR count). The van der Waals surface area contributed by atoms with Gasteiger partial charge in [0.25, 0.3) is 5.91 Å². The van der Waals surface area contributed by atoms with E-state index in [0.29, 0.717) is 49.6 Å². The van der Waals surface area contributed by atoms with Crippen LogP contribution in [0.2, 0.25) is 0 Å². The number of amides is 4. The molecule has 1 saturated carbocycles. The Morgan fingerprint density at radius 2 is 1.56 bits per heavy atom. The highest BCUT2D eigenvalue weighted by Gasteiger charge is 2.30. The average molecular weight is 750 g/mol. The second kappa shape index (κ2) is 17.7. The smallest absolute Gasteiger partial charge is 0.407 e. The van der Waals surface area contributed by atoms with Crippen LogP contribution in [-0.2, 0) is 20.7 Å². The number of hydrogen-bond acceptors (Lipinski definition) is 9. The lowest BCUT2D eigenvalue weighted by atomic mass is 9.81. The van der Waals surface area contributed by atoms with Crippen molar-refractivity contribution in [3.63, 3.8) is 0 Å². The van der Waals surface area contributed by atoms with Crippen LogP contribution in [0.5, 0.6) is 0 Å². The molecule has 4 N–H and O–H groups in total. The van der Waals surface area contributed by atoms with Gasteiger partial charge in [-0.15, -0.1) is 10.2 Å². The second-order valence-electron chi connectivity index (χ2n) is 15.5. The number of rotatable bonds is 11. The molecule has 1 unspecified atom stereocenters. The van der Waals surface area contributed by atoms with Gasteiger partial charge < -0.3 is 30.5 Å². The third-order valence-corrected chi connectivity index (χ3v) is 10.2. The van der Waals surface area contributed by atoms with Gasteiger partial charge in [-0.05, 0) is 118 Å². The fourth-order valence-corrected chi connectivity index (χ4v) is 6.98. The number of benzene rings is 3. The second-order valence-corrected chi connectivity index (χ2v) is 15.5. The number of ether oxygens (including phenoxy) is 1. The third kappa shape index (κ3) is 11.0. The molecule has 4 amide bonds. The largest absolute Gasteiger partial charge is 0.444 e. The van der Waals surface area contributed by atoms with Crippen LogP contribution in [0.15, 0.2) is 72.8 Å². The highest BCUT2D eigenvalue weighted by atomic mass is 16.6. The van der Waals surface area contributed by atoms with Crippen LogP contribution in [0.4, 0.5) is 10.5 Å². The van der Waals surface area contributed by atoms with Crippen LogP contribution >= 0.6 is 0 Å². The molecule has 4 aromatic rings. The van der Waals surface area contributed by atoms with Gasteiger partial charge in [-0.2, -0.15) is 5.21 Å². The summed E-state index contributed by atoms with van der Waals surface area (Å²) >= 11 is 0. The van der Waals surface area contributed by atoms with Crippen molar-refractivity contribution in [2.45, 2.75) is 64.5 Å². The van der Waals surface area contributed by atoms with E-state index < -0.39 is 17.7 Å². The van der Waals surface area contributed by atoms with Crippen LogP contribution in [0.3, 0.4) is 0 Å². The van der Waals surface area contributed by atoms with Crippen molar-refractivity contribution in [2.24, 2.45) is 11.8 Å². The first kappa shape index (κ1) is 39.1. The summed E-state index contributed by atoms with van der Waals surface area (Å²) in [6.45, 7) is 9.10. The Hall–Kier alpha value is -5.63. The Balaban J connectivity index is 1.11. The standard InChI is InChI=1S/C41H51N9O5/c1-41(2,3)55-40(54)42-26-28-10-14-31(15-11-28)37(51)44-35(38(52)43-34-18-16-30(17-19-34)36-45-47-48-46-36)24-27-8-12-29(13-9-27)32-6-5-7-33(25-32)39(53)50-22-20-49(4)21-23-50/h5-9,12-13,16-19,25,28,31,35H,10-11,14-15,20-24,26H2,1-4H3,(H,42,54)(H,43,52)(H,44,51)(H,45,46,47,48). The molecule has 55 heavy (non-hydrogen) atoms. The molecule has 3 aromatic carbocycles. The topological polar surface area (TPSA) is 175 Å². The average Bonchev–Trinajstić information content (AvgIpc) is 3.72. The summed E-state index contributed by atoms with van der Waals surface area (Å²) in [5.41, 5.74) is 4.14. The lowest BCUT2D eigenvalue weighted by Crippen LogP contribution is -2.48. The molecule has 14 nitrogen and oxygen atoms in total. The predicted molar refractivity (Wildman–Crippen MR) is 209 cm³/mol. The van der Waals surface area contributed by atoms with Crippen molar-refractivity contribution in [1.29, 1.82) is 0 Å². The molecule has 2 heterocycles. The van der Waals surface area contributed by atoms with E-state index in [-0.39, 0.29) is 36.0 Å². The summed E-state index contributed by atoms with van der Waals surface area (Å²) < 4.78 is 5.36. The summed E-state index contributed by atoms with van der Waals surface area (Å²) in [5, 5.41) is 22.9. The predicted octanol–water partition coefficient (Wildman–Crippen LogP) is 4.92. The molecule has 14 heteroatoms. The van der Waals surface area contributed by atoms with Gasteiger partial charge in [0.15, 0.2) is 0 Å². The van der Waals surface area contributed by atoms with Crippen molar-refractivity contribution in [1.82, 2.24) is 41.1 Å². The highest BCUT2D eigenvalue weighted by Crippen LogP contribution is 2.29. The van der Waals surface area contributed by atoms with Gasteiger partial charge in [-0.3, -0.25) is 14.4 Å². The number of anilines is 1. The van der Waals surface area contributed by atoms with Crippen molar-refractivity contribution in [3.05, 3.63) is 83.9 Å². The molecule has 2 fully saturated rings. The van der Waals surface area contributed by atoms with Gasteiger partial charge in [0.2, 0.25) is 17.6 Å². The zero-order valence-electron chi connectivity index (χ0n) is 32.0. The van der Waals surface area contributed by atoms with Crippen LogP contribution in [-0.4, -0.2) is 106 Å². The van der Waals surface area contributed by atoms with Gasteiger partial charge >= 0.3 is 6.09 Å². The van der Waals surface area contributed by atoms with Crippen LogP contribution in [0.25, 0.3) is 22.5 Å². The van der Waals surface area contributed by atoms with Gasteiger partial charge in [0.05, 0.1) is 0 Å². The minimum Gasteiger partial charge on any atom is -0.444 e. The number of likely N-dealkylation sites (N-methyl/N-ethyl adjacent to an activating group) is 1. The summed E-state index contributed by atoms with van der Waals surface area (Å²) in [6, 6.07) is 21.8. The van der Waals surface area contributed by atoms with Gasteiger partial charge in [-0.25, -0.2) is 4.79 Å². The molecule has 0 radical (unpaired) electrons. The molecule has 1 atom stereocenters. The molecule has 2 aliphatic rings. The SMILES string of the molecule is CN1CCN(C(=O)c2cccc(-c3ccc(CC(NC(=O)C4CCC(CNC(=O)OC(C)(C)C)CC4)C(=O)Nc4ccc(-c5nn[nH]n5)cc4)cc3)c2)CC1. The van der Waals surface area contributed by atoms with Crippen molar-refractivity contribution in [3.8, 4) is 22.5 Å². The van der Waals surface area contributed by atoms with Crippen molar-refractivity contribution in [2.75, 3.05) is 45.1 Å². The number of hydrogen-bond donors (Lipinski definition) is 4. The van der Waals surface area contributed by atoms with E-state index in [1.54, 1.807) is 24.3 Å². The number of nitrogens with one attached hydrogen (secondary N) is 4. The van der Waals surface area contributed by atoms with Crippen molar-refractivity contribution >= 4 is 29.5 Å². The highest BCUT2D eigenvalue weighted by molar-refractivity contribution is 5.98. The molecule has 1 aliphatic carbocycles. The normalized spacial score (nSPS) is 18.2. The first-order valence-corrected chi connectivity index (χ1v) is 19.0. The van der Waals surface area contributed by atoms with E-state index in [1.165, 1.54) is 0 Å². The van der Waals surface area contributed by atoms with E-state index in [0.717, 1.165) is 48.2 Å². The molecule has 1 aromatic heterocycles. The number of aromatic amines is 1. The molecular formula is C41H51N9O5. The fourth-order valence-electron chi connectivity index (χ4n) is 6.98. The van der Waals surface area contributed by atoms with E-state index >= 15 is 0 Å². The van der Waals surface area contributed by atoms with Crippen molar-refractivity contribution < 1.29 is 23.9 Å². The Kier molecular flexibility index (Phi) is 12.6. The lowest BCUT2D eigenvalue weighted by molar-refractivity contribution is -0.130. The molecule has 290 valence electrons. The number of alkyl carbamates (subject to hydrolysis) is 1. The Labute approximate surface area is 321 Å². The number of carbonyl (C=O) groups is 4. The fraction of sp³-hybridized carbons (Fsp3) is 0.439. The Bertz CT molecular complexity index is 1910. The zero-order valence-corrected chi connectivity index (χ0v) is 32.0. The maximum atomic E-state index is 13.8. The number of aromatic nitrogens is 4. The number of nitrogens with zero attached hydrogens (tertiary/aromatic N) is 5. The summed E-state index contributed by atoms with van der Waals surface area (Å²) in [5.74, 6) is -0.0258. The Morgan fingerprint density at radius 1 is 0.873 bits per heavy atom. The maximum absolute atomic E-state index is 13.8. The first-order chi connectivity index (χ1) is 26.4. The number of carbonyl (C=O) groups excluding carboxylic acids is 4. The summed E-state index contributed by atoms with van der Waals surface area (Å²) in [6.07, 6.45) is 2.70. The number of H-pyrrole nitrogens is 1. The quantitative estimate of drug-likeness (QED) is 0.166. The maximum Gasteiger partial charge on any atom is 0.407 e. The molecule has 1 saturated heterocycles. The van der Waals surface area contributed by atoms with E-state index in [1.807, 2.05) is 74.2 Å². The van der Waals surface area contributed by atoms with Gasteiger partial charge in [0, 0.05) is 61.9 Å². The van der Waals surface area contributed by atoms with Crippen LogP contribution < -0.4 is 16.0 Å². The van der Waals surface area contributed by atoms with E-state index in [2.05, 4.69) is 48.5 Å². The minimum absolute atomic E-state index is 0.0339. The zero-order chi connectivity index (χ0) is 39.0. The van der Waals surface area contributed by atoms with Crippen LogP contribution in [0.1, 0.15) is 62.4 Å². The lowest BCUT2D eigenvalue weighted by Gasteiger charge is -2.32. The Morgan fingerprint density at radius 3 is 2.22 bits per heavy atom. The first-order valence-electron chi connectivity index (χ1n) is 19.0. The van der Waals surface area contributed by atoms with Gasteiger partial charge in [-0.1, -0.05) is 36.4 Å². The summed E-state index contributed by atoms with van der Waals surface area (Å²) in [4.78, 5) is 57.0. The number of tetrazole rings is 1. The van der Waals surface area contributed by atoms with E-state index in [4.69, 9.17) is 4.74 Å². The molecule has 0 spiro atoms.